The molecule has 0 aliphatic carbocycles. The summed E-state index contributed by atoms with van der Waals surface area (Å²) in [5.74, 6) is 2.07. The number of hydrogen-bond donors (Lipinski definition) is 0. The van der Waals surface area contributed by atoms with E-state index in [1.807, 2.05) is 78.2 Å². The molecule has 2 heterocycles. The highest BCUT2D eigenvalue weighted by atomic mass is 35.5. The summed E-state index contributed by atoms with van der Waals surface area (Å²) in [5.41, 5.74) is 4.18. The van der Waals surface area contributed by atoms with Crippen LogP contribution in [-0.4, -0.2) is 51.6 Å². The number of aryl methyl sites for hydroxylation is 1. The molecule has 0 unspecified atom stereocenters. The van der Waals surface area contributed by atoms with Crippen molar-refractivity contribution >= 4 is 33.1 Å². The summed E-state index contributed by atoms with van der Waals surface area (Å²) >= 11 is 6.12. The quantitative estimate of drug-likeness (QED) is 0.298. The molecule has 0 saturated carbocycles. The van der Waals surface area contributed by atoms with Gasteiger partial charge in [0.15, 0.2) is 18.2 Å². The van der Waals surface area contributed by atoms with Gasteiger partial charge in [-0.2, -0.15) is 0 Å². The number of carbonyl (C=O) groups excluding carboxylic acids is 1. The number of ether oxygens (including phenoxy) is 1. The zero-order chi connectivity index (χ0) is 25.4. The van der Waals surface area contributed by atoms with Crippen molar-refractivity contribution in [1.82, 2.24) is 14.8 Å². The summed E-state index contributed by atoms with van der Waals surface area (Å²) in [6.07, 6.45) is 6.70. The highest BCUT2D eigenvalue weighted by molar-refractivity contribution is 8.32. The molecule has 0 amide bonds. The second kappa shape index (κ2) is 9.56. The van der Waals surface area contributed by atoms with Gasteiger partial charge in [-0.3, -0.25) is 14.4 Å². The van der Waals surface area contributed by atoms with Crippen molar-refractivity contribution in [2.75, 3.05) is 25.4 Å². The lowest BCUT2D eigenvalue weighted by atomic mass is 10.00. The van der Waals surface area contributed by atoms with Crippen LogP contribution in [0.25, 0.3) is 5.69 Å². The number of fused-ring (bicyclic) bond motifs is 3. The van der Waals surface area contributed by atoms with Crippen LogP contribution in [0.15, 0.2) is 76.6 Å². The lowest BCUT2D eigenvalue weighted by Crippen LogP contribution is -2.13. The first-order valence-corrected chi connectivity index (χ1v) is 14.7. The summed E-state index contributed by atoms with van der Waals surface area (Å²) in [5, 5.41) is 9.20. The lowest BCUT2D eigenvalue weighted by Gasteiger charge is -2.25. The van der Waals surface area contributed by atoms with Crippen molar-refractivity contribution in [1.29, 1.82) is 0 Å². The van der Waals surface area contributed by atoms with Crippen LogP contribution in [0.3, 0.4) is 0 Å². The van der Waals surface area contributed by atoms with Crippen LogP contribution in [0.4, 0.5) is 0 Å². The Morgan fingerprint density at radius 2 is 1.72 bits per heavy atom. The summed E-state index contributed by atoms with van der Waals surface area (Å²) in [6.45, 7) is 2.27. The minimum atomic E-state index is -0.835. The van der Waals surface area contributed by atoms with Crippen molar-refractivity contribution < 1.29 is 9.53 Å². The highest BCUT2D eigenvalue weighted by Crippen LogP contribution is 2.44. The Labute approximate surface area is 217 Å². The zero-order valence-corrected chi connectivity index (χ0v) is 22.2. The minimum Gasteiger partial charge on any atom is -0.485 e. The Morgan fingerprint density at radius 1 is 1.00 bits per heavy atom. The summed E-state index contributed by atoms with van der Waals surface area (Å²) in [6, 6.07) is 21.2. The van der Waals surface area contributed by atoms with Gasteiger partial charge in [0, 0.05) is 21.7 Å². The molecule has 4 aromatic rings. The van der Waals surface area contributed by atoms with Crippen LogP contribution >= 0.6 is 21.6 Å². The number of rotatable bonds is 6. The van der Waals surface area contributed by atoms with E-state index in [0.717, 1.165) is 34.2 Å². The number of aliphatic imine (C=N–C) groups is 1. The van der Waals surface area contributed by atoms with Crippen LogP contribution in [0.2, 0.25) is 5.02 Å². The number of ketones is 1. The normalized spacial score (nSPS) is 13.3. The molecule has 1 aliphatic rings. The van der Waals surface area contributed by atoms with Gasteiger partial charge in [-0.05, 0) is 73.1 Å². The predicted octanol–water partition coefficient (Wildman–Crippen LogP) is 5.89. The molecule has 0 N–H and O–H groups in total. The van der Waals surface area contributed by atoms with Crippen LogP contribution in [0, 0.1) is 6.92 Å². The van der Waals surface area contributed by atoms with E-state index in [2.05, 4.69) is 29.0 Å². The molecule has 0 atom stereocenters. The second-order valence-electron chi connectivity index (χ2n) is 9.42. The topological polar surface area (TPSA) is 69.4 Å². The van der Waals surface area contributed by atoms with Gasteiger partial charge in [0.1, 0.15) is 18.1 Å². The molecule has 3 aromatic carbocycles. The van der Waals surface area contributed by atoms with E-state index < -0.39 is 10.0 Å². The van der Waals surface area contributed by atoms with Crippen molar-refractivity contribution in [2.24, 2.45) is 4.99 Å². The van der Waals surface area contributed by atoms with Crippen LogP contribution in [0.1, 0.15) is 33.1 Å². The van der Waals surface area contributed by atoms with E-state index in [4.69, 9.17) is 21.3 Å². The molecular formula is C28H27ClN4O2S. The molecule has 6 nitrogen and oxygen atoms in total. The van der Waals surface area contributed by atoms with E-state index in [0.29, 0.717) is 22.9 Å². The standard InChI is InChI=1S/C28H27ClN4O2S/c1-18-31-32-27-16-30-28(20-5-9-21(29)10-6-20)24-15-22(11-14-25(24)33(18)27)35-17-26(34)19-7-12-23(13-8-19)36(2,3)4/h5-15H,16-17H2,1-4H3. The summed E-state index contributed by atoms with van der Waals surface area (Å²) in [4.78, 5) is 19.0. The van der Waals surface area contributed by atoms with Gasteiger partial charge in [-0.15, -0.1) is 10.2 Å². The Balaban J connectivity index is 1.45. The third kappa shape index (κ3) is 4.81. The van der Waals surface area contributed by atoms with Gasteiger partial charge < -0.3 is 4.74 Å². The number of Topliss-reactive ketones (excluding diaryl/α,β-unsaturated/α-hetero) is 1. The van der Waals surface area contributed by atoms with E-state index in [1.165, 1.54) is 4.90 Å². The third-order valence-electron chi connectivity index (χ3n) is 6.11. The molecule has 0 spiro atoms. The lowest BCUT2D eigenvalue weighted by molar-refractivity contribution is 0.0921. The van der Waals surface area contributed by atoms with Gasteiger partial charge in [0.05, 0.1) is 11.4 Å². The molecule has 0 radical (unpaired) electrons. The molecule has 0 fully saturated rings. The number of aromatic nitrogens is 3. The average Bonchev–Trinajstić information content (AvgIpc) is 3.14. The number of nitrogens with zero attached hydrogens (tertiary/aromatic N) is 4. The number of benzene rings is 3. The molecule has 5 rings (SSSR count). The molecule has 8 heteroatoms. The SMILES string of the molecule is Cc1nnc2n1-c1ccc(OCC(=O)c3ccc(S(C)(C)C)cc3)cc1C(c1ccc(Cl)cc1)=NC2. The van der Waals surface area contributed by atoms with Crippen molar-refractivity contribution in [3.05, 3.63) is 100 Å². The summed E-state index contributed by atoms with van der Waals surface area (Å²) in [7, 11) is -0.835. The first-order chi connectivity index (χ1) is 17.2. The van der Waals surface area contributed by atoms with E-state index in [1.54, 1.807) is 0 Å². The Hall–Kier alpha value is -3.42. The van der Waals surface area contributed by atoms with E-state index >= 15 is 0 Å². The molecular weight excluding hydrogens is 492 g/mol. The van der Waals surface area contributed by atoms with Gasteiger partial charge in [-0.1, -0.05) is 35.9 Å². The molecule has 0 bridgehead atoms. The monoisotopic (exact) mass is 518 g/mol. The first kappa shape index (κ1) is 24.3. The summed E-state index contributed by atoms with van der Waals surface area (Å²) < 4.78 is 7.98. The van der Waals surface area contributed by atoms with Crippen LogP contribution in [-0.2, 0) is 6.54 Å². The minimum absolute atomic E-state index is 0.0508. The Bertz CT molecular complexity index is 1470. The zero-order valence-electron chi connectivity index (χ0n) is 20.7. The maximum absolute atomic E-state index is 12.8. The maximum atomic E-state index is 12.8. The molecule has 1 aromatic heterocycles. The largest absolute Gasteiger partial charge is 0.485 e. The van der Waals surface area contributed by atoms with E-state index in [9.17, 15) is 4.79 Å². The highest BCUT2D eigenvalue weighted by Gasteiger charge is 2.22. The van der Waals surface area contributed by atoms with E-state index in [-0.39, 0.29) is 12.4 Å². The van der Waals surface area contributed by atoms with Crippen LogP contribution < -0.4 is 4.74 Å². The molecule has 184 valence electrons. The molecule has 0 saturated heterocycles. The molecule has 1 aliphatic heterocycles. The fourth-order valence-electron chi connectivity index (χ4n) is 4.18. The molecule has 36 heavy (non-hydrogen) atoms. The number of halogens is 1. The third-order valence-corrected chi connectivity index (χ3v) is 8.04. The Morgan fingerprint density at radius 3 is 2.42 bits per heavy atom. The van der Waals surface area contributed by atoms with Gasteiger partial charge in [0.25, 0.3) is 0 Å². The smallest absolute Gasteiger partial charge is 0.200 e. The van der Waals surface area contributed by atoms with Crippen LogP contribution in [0.5, 0.6) is 5.75 Å². The Kier molecular flexibility index (Phi) is 6.45. The number of hydrogen-bond acceptors (Lipinski definition) is 5. The van der Waals surface area contributed by atoms with Crippen molar-refractivity contribution in [3.63, 3.8) is 0 Å². The second-order valence-corrected chi connectivity index (χ2v) is 14.0. The van der Waals surface area contributed by atoms with Crippen molar-refractivity contribution in [3.8, 4) is 11.4 Å². The predicted molar refractivity (Wildman–Crippen MR) is 147 cm³/mol. The fourth-order valence-corrected chi connectivity index (χ4v) is 5.26. The fraction of sp³-hybridized carbons (Fsp3) is 0.214. The maximum Gasteiger partial charge on any atom is 0.200 e. The average molecular weight is 519 g/mol. The van der Waals surface area contributed by atoms with Gasteiger partial charge in [-0.25, -0.2) is 10.0 Å². The first-order valence-electron chi connectivity index (χ1n) is 11.5. The van der Waals surface area contributed by atoms with Crippen molar-refractivity contribution in [2.45, 2.75) is 18.4 Å². The number of carbonyl (C=O) groups is 1. The van der Waals surface area contributed by atoms with Gasteiger partial charge >= 0.3 is 0 Å². The van der Waals surface area contributed by atoms with Gasteiger partial charge in [0.2, 0.25) is 0 Å².